The van der Waals surface area contributed by atoms with Crippen molar-refractivity contribution in [1.82, 2.24) is 0 Å². The van der Waals surface area contributed by atoms with Crippen molar-refractivity contribution in [3.63, 3.8) is 0 Å². The smallest absolute Gasteiger partial charge is 0.150 e. The molecule has 3 heteroatoms. The lowest BCUT2D eigenvalue weighted by Crippen LogP contribution is -2.30. The quantitative estimate of drug-likeness (QED) is 0.817. The van der Waals surface area contributed by atoms with Crippen LogP contribution in [-0.2, 0) is 13.0 Å². The minimum Gasteiger partial charge on any atom is -0.497 e. The third kappa shape index (κ3) is 2.28. The number of hydrogen-bond donors (Lipinski definition) is 0. The van der Waals surface area contributed by atoms with Gasteiger partial charge in [-0.15, -0.1) is 0 Å². The number of hydrogen-bond acceptors (Lipinski definition) is 2. The van der Waals surface area contributed by atoms with Gasteiger partial charge in [0.1, 0.15) is 11.6 Å². The molecule has 0 bridgehead atoms. The largest absolute Gasteiger partial charge is 0.497 e. The Bertz CT molecular complexity index is 597. The maximum atomic E-state index is 14.1. The molecule has 0 radical (unpaired) electrons. The van der Waals surface area contributed by atoms with Crippen LogP contribution in [0.4, 0.5) is 10.1 Å². The summed E-state index contributed by atoms with van der Waals surface area (Å²) in [5.74, 6) is 0.331. The van der Waals surface area contributed by atoms with Crippen LogP contribution in [0.25, 0.3) is 0 Å². The van der Waals surface area contributed by atoms with Crippen LogP contribution in [0, 0.1) is 5.82 Å². The van der Waals surface area contributed by atoms with Crippen LogP contribution in [0.1, 0.15) is 11.1 Å². The van der Waals surface area contributed by atoms with Gasteiger partial charge in [0, 0.05) is 19.2 Å². The summed E-state index contributed by atoms with van der Waals surface area (Å²) in [7, 11) is 1.55. The van der Waals surface area contributed by atoms with E-state index in [1.807, 2.05) is 6.07 Å². The molecule has 2 nitrogen and oxygen atoms in total. The van der Waals surface area contributed by atoms with Gasteiger partial charge in [-0.2, -0.15) is 0 Å². The average Bonchev–Trinajstić information content (AvgIpc) is 2.46. The van der Waals surface area contributed by atoms with E-state index in [2.05, 4.69) is 23.1 Å². The highest BCUT2D eigenvalue weighted by Crippen LogP contribution is 2.28. The van der Waals surface area contributed by atoms with E-state index in [-0.39, 0.29) is 5.82 Å². The summed E-state index contributed by atoms with van der Waals surface area (Å²) in [4.78, 5) is 2.08. The van der Waals surface area contributed by atoms with Gasteiger partial charge >= 0.3 is 0 Å². The van der Waals surface area contributed by atoms with Crippen molar-refractivity contribution < 1.29 is 9.13 Å². The van der Waals surface area contributed by atoms with Crippen molar-refractivity contribution in [2.24, 2.45) is 0 Å². The summed E-state index contributed by atoms with van der Waals surface area (Å²) in [6, 6.07) is 13.4. The van der Waals surface area contributed by atoms with Crippen LogP contribution in [0.2, 0.25) is 0 Å². The van der Waals surface area contributed by atoms with E-state index >= 15 is 0 Å². The predicted octanol–water partition coefficient (Wildman–Crippen LogP) is 3.40. The van der Waals surface area contributed by atoms with Crippen molar-refractivity contribution in [2.75, 3.05) is 18.6 Å². The van der Waals surface area contributed by atoms with Crippen molar-refractivity contribution in [2.45, 2.75) is 13.0 Å². The summed E-state index contributed by atoms with van der Waals surface area (Å²) < 4.78 is 19.1. The number of fused-ring (bicyclic) bond motifs is 1. The molecule has 98 valence electrons. The van der Waals surface area contributed by atoms with Gasteiger partial charge in [-0.05, 0) is 29.7 Å². The zero-order valence-corrected chi connectivity index (χ0v) is 10.9. The van der Waals surface area contributed by atoms with Gasteiger partial charge < -0.3 is 9.64 Å². The number of ether oxygens (including phenoxy) is 1. The topological polar surface area (TPSA) is 12.5 Å². The van der Waals surface area contributed by atoms with E-state index in [9.17, 15) is 4.39 Å². The van der Waals surface area contributed by atoms with Crippen molar-refractivity contribution in [1.29, 1.82) is 0 Å². The van der Waals surface area contributed by atoms with Crippen LogP contribution in [0.15, 0.2) is 42.5 Å². The molecular formula is C16H16FNO. The zero-order valence-electron chi connectivity index (χ0n) is 10.9. The Hall–Kier alpha value is -2.03. The maximum absolute atomic E-state index is 14.1. The zero-order chi connectivity index (χ0) is 13.2. The van der Waals surface area contributed by atoms with Crippen molar-refractivity contribution in [3.8, 4) is 5.75 Å². The molecule has 1 aliphatic heterocycles. The van der Waals surface area contributed by atoms with Crippen molar-refractivity contribution >= 4 is 5.69 Å². The number of halogens is 1. The second-order valence-electron chi connectivity index (χ2n) is 4.76. The van der Waals surface area contributed by atoms with Crippen LogP contribution in [-0.4, -0.2) is 13.7 Å². The highest BCUT2D eigenvalue weighted by atomic mass is 19.1. The van der Waals surface area contributed by atoms with E-state index in [0.717, 1.165) is 19.5 Å². The molecule has 1 heterocycles. The highest BCUT2D eigenvalue weighted by molar-refractivity contribution is 5.52. The Labute approximate surface area is 112 Å². The number of anilines is 1. The third-order valence-electron chi connectivity index (χ3n) is 3.63. The Morgan fingerprint density at radius 1 is 1.11 bits per heavy atom. The number of nitrogens with zero attached hydrogens (tertiary/aromatic N) is 1. The molecule has 0 N–H and O–H groups in total. The molecule has 19 heavy (non-hydrogen) atoms. The molecule has 0 saturated carbocycles. The molecule has 0 spiro atoms. The molecule has 0 aromatic heterocycles. The molecule has 0 amide bonds. The summed E-state index contributed by atoms with van der Waals surface area (Å²) >= 11 is 0. The predicted molar refractivity (Wildman–Crippen MR) is 74.1 cm³/mol. The number of rotatable bonds is 2. The van der Waals surface area contributed by atoms with Gasteiger partial charge in [0.05, 0.1) is 12.8 Å². The van der Waals surface area contributed by atoms with E-state index in [1.54, 1.807) is 19.2 Å². The highest BCUT2D eigenvalue weighted by Gasteiger charge is 2.18. The van der Waals surface area contributed by atoms with E-state index in [1.165, 1.54) is 17.2 Å². The SMILES string of the molecule is COc1ccc(N2CCc3ccccc3C2)c(F)c1. The van der Waals surface area contributed by atoms with Gasteiger partial charge in [0.25, 0.3) is 0 Å². The molecule has 2 aromatic rings. The van der Waals surface area contributed by atoms with Crippen LogP contribution < -0.4 is 9.64 Å². The van der Waals surface area contributed by atoms with E-state index in [0.29, 0.717) is 11.4 Å². The molecule has 0 saturated heterocycles. The second kappa shape index (κ2) is 4.92. The Morgan fingerprint density at radius 3 is 2.63 bits per heavy atom. The fourth-order valence-corrected chi connectivity index (χ4v) is 2.57. The number of benzene rings is 2. The third-order valence-corrected chi connectivity index (χ3v) is 3.63. The second-order valence-corrected chi connectivity index (χ2v) is 4.76. The lowest BCUT2D eigenvalue weighted by molar-refractivity contribution is 0.411. The van der Waals surface area contributed by atoms with Gasteiger partial charge in [-0.3, -0.25) is 0 Å². The maximum Gasteiger partial charge on any atom is 0.150 e. The molecule has 0 unspecified atom stereocenters. The van der Waals surface area contributed by atoms with Crippen LogP contribution in [0.5, 0.6) is 5.75 Å². The lowest BCUT2D eigenvalue weighted by atomic mass is 9.99. The Kier molecular flexibility index (Phi) is 3.11. The minimum absolute atomic E-state index is 0.223. The van der Waals surface area contributed by atoms with Gasteiger partial charge in [0.2, 0.25) is 0 Å². The van der Waals surface area contributed by atoms with Gasteiger partial charge in [0.15, 0.2) is 0 Å². The molecule has 0 fully saturated rings. The fourth-order valence-electron chi connectivity index (χ4n) is 2.57. The average molecular weight is 257 g/mol. The summed E-state index contributed by atoms with van der Waals surface area (Å²) in [6.45, 7) is 1.61. The van der Waals surface area contributed by atoms with Gasteiger partial charge in [-0.1, -0.05) is 24.3 Å². The summed E-state index contributed by atoms with van der Waals surface area (Å²) in [5.41, 5.74) is 3.30. The van der Waals surface area contributed by atoms with E-state index in [4.69, 9.17) is 4.74 Å². The summed E-state index contributed by atoms with van der Waals surface area (Å²) in [5, 5.41) is 0. The first kappa shape index (κ1) is 12.0. The first-order chi connectivity index (χ1) is 9.28. The normalized spacial score (nSPS) is 14.1. The minimum atomic E-state index is -0.223. The molecule has 2 aromatic carbocycles. The van der Waals surface area contributed by atoms with Gasteiger partial charge in [-0.25, -0.2) is 4.39 Å². The lowest BCUT2D eigenvalue weighted by Gasteiger charge is -2.31. The first-order valence-electron chi connectivity index (χ1n) is 6.43. The molecule has 0 aliphatic carbocycles. The van der Waals surface area contributed by atoms with E-state index < -0.39 is 0 Å². The van der Waals surface area contributed by atoms with Crippen LogP contribution in [0.3, 0.4) is 0 Å². The standard InChI is InChI=1S/C16H16FNO/c1-19-14-6-7-16(15(17)10-14)18-9-8-12-4-2-3-5-13(12)11-18/h2-7,10H,8-9,11H2,1H3. The molecule has 1 aliphatic rings. The molecular weight excluding hydrogens is 241 g/mol. The van der Waals surface area contributed by atoms with Crippen molar-refractivity contribution in [3.05, 3.63) is 59.4 Å². The summed E-state index contributed by atoms with van der Waals surface area (Å²) in [6.07, 6.45) is 0.960. The molecule has 0 atom stereocenters. The Morgan fingerprint density at radius 2 is 1.89 bits per heavy atom. The first-order valence-corrected chi connectivity index (χ1v) is 6.43. The molecule has 3 rings (SSSR count). The van der Waals surface area contributed by atoms with Crippen LogP contribution >= 0.6 is 0 Å². The number of methoxy groups -OCH3 is 1. The monoisotopic (exact) mass is 257 g/mol. The fraction of sp³-hybridized carbons (Fsp3) is 0.250. The Balaban J connectivity index is 1.89.